The van der Waals surface area contributed by atoms with Crippen LogP contribution in [0, 0.1) is 17.8 Å². The molecule has 1 aromatic carbocycles. The average molecular weight is 447 g/mol. The molecule has 0 N–H and O–H groups in total. The minimum atomic E-state index is 0.473. The average Bonchev–Trinajstić information content (AvgIpc) is 2.36. The molecule has 3 unspecified atom stereocenters. The number of rotatable bonds is 2. The molecule has 0 spiro atoms. The van der Waals surface area contributed by atoms with Gasteiger partial charge < -0.3 is 4.74 Å². The normalized spacial score (nSPS) is 42.0. The maximum absolute atomic E-state index is 5.68. The summed E-state index contributed by atoms with van der Waals surface area (Å²) in [5, 5.41) is 0. The molecule has 0 amide bonds. The van der Waals surface area contributed by atoms with E-state index in [9.17, 15) is 0 Å². The molecule has 3 heteroatoms. The van der Waals surface area contributed by atoms with Crippen molar-refractivity contribution in [2.75, 3.05) is 7.11 Å². The van der Waals surface area contributed by atoms with Gasteiger partial charge in [-0.2, -0.15) is 0 Å². The summed E-state index contributed by atoms with van der Waals surface area (Å²) >= 11 is 6.46. The zero-order valence-electron chi connectivity index (χ0n) is 11.7. The molecule has 4 fully saturated rings. The number of halogens is 2. The second-order valence-electron chi connectivity index (χ2n) is 7.01. The number of hydrogen-bond acceptors (Lipinski definition) is 1. The van der Waals surface area contributed by atoms with Crippen LogP contribution in [0.3, 0.4) is 0 Å². The van der Waals surface area contributed by atoms with Crippen LogP contribution in [0.4, 0.5) is 0 Å². The van der Waals surface area contributed by atoms with E-state index in [-0.39, 0.29) is 0 Å². The molecule has 0 saturated heterocycles. The van der Waals surface area contributed by atoms with Crippen LogP contribution in [-0.2, 0) is 0 Å². The van der Waals surface area contributed by atoms with Gasteiger partial charge in [0, 0.05) is 13.8 Å². The first kappa shape index (κ1) is 13.9. The molecule has 0 aromatic heterocycles. The van der Waals surface area contributed by atoms with Crippen molar-refractivity contribution in [2.45, 2.75) is 41.4 Å². The van der Waals surface area contributed by atoms with Gasteiger partial charge in [-0.15, -0.1) is 0 Å². The fraction of sp³-hybridized carbons (Fsp3) is 0.647. The molecule has 3 atom stereocenters. The summed E-state index contributed by atoms with van der Waals surface area (Å²) in [4.78, 5) is 0. The van der Waals surface area contributed by atoms with Crippen molar-refractivity contribution in [3.8, 4) is 5.75 Å². The van der Waals surface area contributed by atoms with Crippen LogP contribution in [-0.4, -0.2) is 10.5 Å². The van der Waals surface area contributed by atoms with Gasteiger partial charge in [-0.05, 0) is 73.6 Å². The number of methoxy groups -OCH3 is 1. The van der Waals surface area contributed by atoms with Gasteiger partial charge >= 0.3 is 0 Å². The van der Waals surface area contributed by atoms with E-state index in [0.29, 0.717) is 9.34 Å². The van der Waals surface area contributed by atoms with Crippen LogP contribution in [0.2, 0.25) is 0 Å². The van der Waals surface area contributed by atoms with Crippen molar-refractivity contribution in [1.29, 1.82) is 0 Å². The number of benzene rings is 1. The van der Waals surface area contributed by atoms with E-state index < -0.39 is 0 Å². The molecule has 0 aliphatic heterocycles. The smallest absolute Gasteiger partial charge is 0.122 e. The quantitative estimate of drug-likeness (QED) is 0.427. The molecule has 1 nitrogen and oxygen atoms in total. The highest BCUT2D eigenvalue weighted by Gasteiger charge is 2.56. The van der Waals surface area contributed by atoms with Crippen LogP contribution < -0.4 is 4.74 Å². The van der Waals surface area contributed by atoms with Crippen LogP contribution in [0.25, 0.3) is 0 Å². The Bertz CT molecular complexity index is 530. The Morgan fingerprint density at radius 2 is 1.90 bits per heavy atom. The highest BCUT2D eigenvalue weighted by atomic mass is 127. The van der Waals surface area contributed by atoms with Crippen molar-refractivity contribution in [3.05, 3.63) is 28.2 Å². The summed E-state index contributed by atoms with van der Waals surface area (Å²) in [5.74, 6) is 4.64. The summed E-state index contributed by atoms with van der Waals surface area (Å²) in [5.41, 5.74) is 1.44. The molecular formula is C17H20BrIO. The molecule has 20 heavy (non-hydrogen) atoms. The van der Waals surface area contributed by atoms with Gasteiger partial charge in [0.2, 0.25) is 0 Å². The zero-order chi connectivity index (χ0) is 13.9. The standard InChI is InChI=1S/C17H20BrIO/c1-20-15-3-2-13(18)7-14(15)16-12-5-10-4-11(6-12)9-17(16,19)8-10/h2-3,7,10-12,16H,4-6,8-9H2,1H3. The second kappa shape index (κ2) is 4.87. The molecule has 4 bridgehead atoms. The molecule has 4 aliphatic rings. The Kier molecular flexibility index (Phi) is 3.37. The predicted molar refractivity (Wildman–Crippen MR) is 93.7 cm³/mol. The van der Waals surface area contributed by atoms with E-state index in [1.807, 2.05) is 7.11 Å². The Hall–Kier alpha value is 0.230. The number of ether oxygens (including phenoxy) is 1. The summed E-state index contributed by atoms with van der Waals surface area (Å²) in [6.45, 7) is 0. The third-order valence-electron chi connectivity index (χ3n) is 5.75. The van der Waals surface area contributed by atoms with E-state index in [2.05, 4.69) is 56.7 Å². The monoisotopic (exact) mass is 446 g/mol. The van der Waals surface area contributed by atoms with Gasteiger partial charge in [0.1, 0.15) is 5.75 Å². The highest BCUT2D eigenvalue weighted by Crippen LogP contribution is 2.66. The largest absolute Gasteiger partial charge is 0.496 e. The maximum Gasteiger partial charge on any atom is 0.122 e. The van der Waals surface area contributed by atoms with Crippen LogP contribution in [0.15, 0.2) is 22.7 Å². The summed E-state index contributed by atoms with van der Waals surface area (Å²) in [6.07, 6.45) is 7.23. The van der Waals surface area contributed by atoms with Crippen molar-refractivity contribution >= 4 is 38.5 Å². The first-order chi connectivity index (χ1) is 9.59. The van der Waals surface area contributed by atoms with Crippen molar-refractivity contribution in [1.82, 2.24) is 0 Å². The fourth-order valence-electron chi connectivity index (χ4n) is 5.42. The van der Waals surface area contributed by atoms with Crippen molar-refractivity contribution < 1.29 is 4.74 Å². The first-order valence-corrected chi connectivity index (χ1v) is 9.48. The lowest BCUT2D eigenvalue weighted by atomic mass is 9.50. The lowest BCUT2D eigenvalue weighted by Gasteiger charge is -2.59. The van der Waals surface area contributed by atoms with E-state index in [4.69, 9.17) is 4.74 Å². The lowest BCUT2D eigenvalue weighted by molar-refractivity contribution is 0.0232. The van der Waals surface area contributed by atoms with E-state index in [0.717, 1.165) is 23.5 Å². The third kappa shape index (κ3) is 2.06. The number of hydrogen-bond donors (Lipinski definition) is 0. The van der Waals surface area contributed by atoms with Crippen molar-refractivity contribution in [3.63, 3.8) is 0 Å². The maximum atomic E-state index is 5.68. The van der Waals surface area contributed by atoms with E-state index >= 15 is 0 Å². The molecule has 0 heterocycles. The minimum absolute atomic E-state index is 0.473. The van der Waals surface area contributed by atoms with Gasteiger partial charge in [-0.1, -0.05) is 38.5 Å². The topological polar surface area (TPSA) is 9.23 Å². The molecule has 1 aromatic rings. The fourth-order valence-corrected chi connectivity index (χ4v) is 7.89. The summed E-state index contributed by atoms with van der Waals surface area (Å²) in [7, 11) is 1.81. The van der Waals surface area contributed by atoms with Gasteiger partial charge in [0.25, 0.3) is 0 Å². The predicted octanol–water partition coefficient (Wildman–Crippen LogP) is 5.56. The Balaban J connectivity index is 1.80. The summed E-state index contributed by atoms with van der Waals surface area (Å²) in [6, 6.07) is 6.54. The Morgan fingerprint density at radius 3 is 2.50 bits per heavy atom. The molecule has 5 rings (SSSR count). The minimum Gasteiger partial charge on any atom is -0.496 e. The molecular weight excluding hydrogens is 427 g/mol. The summed E-state index contributed by atoms with van der Waals surface area (Å²) < 4.78 is 7.33. The molecule has 108 valence electrons. The lowest BCUT2D eigenvalue weighted by Crippen LogP contribution is -2.52. The van der Waals surface area contributed by atoms with Crippen molar-refractivity contribution in [2.24, 2.45) is 17.8 Å². The second-order valence-corrected chi connectivity index (χ2v) is 10.1. The van der Waals surface area contributed by atoms with Crippen LogP contribution >= 0.6 is 38.5 Å². The first-order valence-electron chi connectivity index (χ1n) is 7.61. The van der Waals surface area contributed by atoms with Gasteiger partial charge in [0.05, 0.1) is 7.11 Å². The van der Waals surface area contributed by atoms with E-state index in [1.54, 1.807) is 0 Å². The van der Waals surface area contributed by atoms with Gasteiger partial charge in [-0.25, -0.2) is 0 Å². The molecule has 4 aliphatic carbocycles. The Morgan fingerprint density at radius 1 is 1.20 bits per heavy atom. The highest BCUT2D eigenvalue weighted by molar-refractivity contribution is 14.1. The SMILES string of the molecule is COc1ccc(Br)cc1C1C2CC3CC(C2)CC1(I)C3. The van der Waals surface area contributed by atoms with Gasteiger partial charge in [0.15, 0.2) is 0 Å². The van der Waals surface area contributed by atoms with Gasteiger partial charge in [-0.3, -0.25) is 0 Å². The van der Waals surface area contributed by atoms with Crippen LogP contribution in [0.1, 0.15) is 43.6 Å². The molecule has 0 radical (unpaired) electrons. The Labute approximate surface area is 143 Å². The van der Waals surface area contributed by atoms with E-state index in [1.165, 1.54) is 42.1 Å². The molecule has 4 saturated carbocycles. The third-order valence-corrected chi connectivity index (χ3v) is 7.80. The zero-order valence-corrected chi connectivity index (χ0v) is 15.5. The van der Waals surface area contributed by atoms with Crippen LogP contribution in [0.5, 0.6) is 5.75 Å². The number of alkyl halides is 1.